The third-order valence-electron chi connectivity index (χ3n) is 3.10. The fraction of sp³-hybridized carbons (Fsp3) is 0.917. The molecule has 92 valence electrons. The van der Waals surface area contributed by atoms with E-state index < -0.39 is 5.60 Å². The van der Waals surface area contributed by atoms with Crippen LogP contribution in [0.5, 0.6) is 0 Å². The van der Waals surface area contributed by atoms with Gasteiger partial charge in [-0.2, -0.15) is 0 Å². The number of hydrogen-bond donors (Lipinski definition) is 2. The predicted molar refractivity (Wildman–Crippen MR) is 62.3 cm³/mol. The largest absolute Gasteiger partial charge is 0.444 e. The molecule has 1 saturated heterocycles. The second-order valence-corrected chi connectivity index (χ2v) is 5.86. The molecule has 1 aliphatic carbocycles. The fourth-order valence-electron chi connectivity index (χ4n) is 2.30. The van der Waals surface area contributed by atoms with E-state index in [-0.39, 0.29) is 12.1 Å². The smallest absolute Gasteiger partial charge is 0.407 e. The lowest BCUT2D eigenvalue weighted by Gasteiger charge is -2.24. The predicted octanol–water partition coefficient (Wildman–Crippen LogP) is 1.65. The van der Waals surface area contributed by atoms with E-state index in [1.54, 1.807) is 0 Å². The van der Waals surface area contributed by atoms with E-state index in [9.17, 15) is 4.79 Å². The topological polar surface area (TPSA) is 50.4 Å². The molecule has 0 aromatic rings. The Balaban J connectivity index is 1.81. The zero-order valence-electron chi connectivity index (χ0n) is 10.4. The highest BCUT2D eigenvalue weighted by molar-refractivity contribution is 5.68. The zero-order chi connectivity index (χ0) is 11.8. The van der Waals surface area contributed by atoms with Crippen LogP contribution in [0.1, 0.15) is 40.0 Å². The molecule has 2 N–H and O–H groups in total. The van der Waals surface area contributed by atoms with Crippen LogP contribution in [0.25, 0.3) is 0 Å². The molecular weight excluding hydrogens is 204 g/mol. The van der Waals surface area contributed by atoms with Crippen molar-refractivity contribution >= 4 is 6.09 Å². The van der Waals surface area contributed by atoms with Crippen molar-refractivity contribution in [3.8, 4) is 0 Å². The molecule has 1 heterocycles. The van der Waals surface area contributed by atoms with Gasteiger partial charge in [-0.3, -0.25) is 0 Å². The third-order valence-corrected chi connectivity index (χ3v) is 3.10. The minimum atomic E-state index is -0.412. The quantitative estimate of drug-likeness (QED) is 0.752. The van der Waals surface area contributed by atoms with Gasteiger partial charge < -0.3 is 15.4 Å². The fourth-order valence-corrected chi connectivity index (χ4v) is 2.30. The summed E-state index contributed by atoms with van der Waals surface area (Å²) in [7, 11) is 0. The minimum absolute atomic E-state index is 0.252. The van der Waals surface area contributed by atoms with E-state index in [0.29, 0.717) is 6.04 Å². The maximum absolute atomic E-state index is 11.6. The van der Waals surface area contributed by atoms with E-state index in [2.05, 4.69) is 10.6 Å². The van der Waals surface area contributed by atoms with Crippen molar-refractivity contribution in [1.82, 2.24) is 10.6 Å². The summed E-state index contributed by atoms with van der Waals surface area (Å²) in [5, 5.41) is 6.45. The van der Waals surface area contributed by atoms with Crippen LogP contribution in [0.15, 0.2) is 0 Å². The van der Waals surface area contributed by atoms with E-state index in [1.807, 2.05) is 20.8 Å². The molecule has 1 amide bonds. The van der Waals surface area contributed by atoms with Gasteiger partial charge in [-0.25, -0.2) is 4.79 Å². The summed E-state index contributed by atoms with van der Waals surface area (Å²) in [5.74, 6) is 0.766. The number of nitrogens with one attached hydrogen (secondary N) is 2. The highest BCUT2D eigenvalue weighted by atomic mass is 16.6. The van der Waals surface area contributed by atoms with Crippen molar-refractivity contribution in [3.05, 3.63) is 0 Å². The molecule has 1 unspecified atom stereocenters. The van der Waals surface area contributed by atoms with Crippen molar-refractivity contribution in [3.63, 3.8) is 0 Å². The number of amides is 1. The Kier molecular flexibility index (Phi) is 3.10. The van der Waals surface area contributed by atoms with E-state index in [4.69, 9.17) is 4.74 Å². The maximum atomic E-state index is 11.6. The Morgan fingerprint density at radius 2 is 2.00 bits per heavy atom. The molecule has 4 nitrogen and oxygen atoms in total. The molecule has 2 atom stereocenters. The number of carbonyl (C=O) groups is 1. The van der Waals surface area contributed by atoms with Crippen molar-refractivity contribution < 1.29 is 9.53 Å². The van der Waals surface area contributed by atoms with Crippen LogP contribution in [-0.4, -0.2) is 30.3 Å². The minimum Gasteiger partial charge on any atom is -0.444 e. The van der Waals surface area contributed by atoms with Crippen LogP contribution < -0.4 is 10.6 Å². The van der Waals surface area contributed by atoms with Gasteiger partial charge in [0.2, 0.25) is 0 Å². The first-order valence-electron chi connectivity index (χ1n) is 6.18. The highest BCUT2D eigenvalue weighted by Crippen LogP contribution is 2.36. The zero-order valence-corrected chi connectivity index (χ0v) is 10.4. The first kappa shape index (κ1) is 11.7. The summed E-state index contributed by atoms with van der Waals surface area (Å²) in [6.45, 7) is 6.66. The van der Waals surface area contributed by atoms with Crippen molar-refractivity contribution in [2.45, 2.75) is 57.7 Å². The lowest BCUT2D eigenvalue weighted by Crippen LogP contribution is -2.46. The molecule has 2 rings (SSSR count). The summed E-state index contributed by atoms with van der Waals surface area (Å²) in [6, 6.07) is 0.717. The molecule has 0 spiro atoms. The average molecular weight is 226 g/mol. The Morgan fingerprint density at radius 3 is 2.56 bits per heavy atom. The standard InChI is InChI=1S/C12H22N2O2/c1-12(2,3)16-11(15)14-9-6-7-13-10(9)8-4-5-8/h8-10,13H,4-7H2,1-3H3,(H,14,15)/t9-,10?/m0/s1. The van der Waals surface area contributed by atoms with Gasteiger partial charge in [0, 0.05) is 12.1 Å². The molecule has 2 fully saturated rings. The van der Waals surface area contributed by atoms with E-state index in [1.165, 1.54) is 12.8 Å². The van der Waals surface area contributed by atoms with Crippen LogP contribution in [-0.2, 0) is 4.74 Å². The Bertz CT molecular complexity index is 269. The summed E-state index contributed by atoms with van der Waals surface area (Å²) >= 11 is 0. The molecule has 0 bridgehead atoms. The normalized spacial score (nSPS) is 30.2. The van der Waals surface area contributed by atoms with Gasteiger partial charge in [-0.1, -0.05) is 0 Å². The molecule has 1 aliphatic heterocycles. The summed E-state index contributed by atoms with van der Waals surface area (Å²) in [6.07, 6.45) is 3.32. The Labute approximate surface area is 97.1 Å². The van der Waals surface area contributed by atoms with Crippen LogP contribution in [0.4, 0.5) is 4.79 Å². The van der Waals surface area contributed by atoms with Crippen LogP contribution in [0, 0.1) is 5.92 Å². The van der Waals surface area contributed by atoms with Crippen molar-refractivity contribution in [2.24, 2.45) is 5.92 Å². The third kappa shape index (κ3) is 3.11. The monoisotopic (exact) mass is 226 g/mol. The molecule has 0 radical (unpaired) electrons. The van der Waals surface area contributed by atoms with E-state index in [0.717, 1.165) is 18.9 Å². The molecule has 4 heteroatoms. The van der Waals surface area contributed by atoms with Gasteiger partial charge in [0.1, 0.15) is 5.60 Å². The number of carbonyl (C=O) groups excluding carboxylic acids is 1. The second-order valence-electron chi connectivity index (χ2n) is 5.86. The number of rotatable bonds is 2. The summed E-state index contributed by atoms with van der Waals surface area (Å²) in [5.41, 5.74) is -0.412. The SMILES string of the molecule is CC(C)(C)OC(=O)N[C@H]1CCNC1C1CC1. The van der Waals surface area contributed by atoms with Gasteiger partial charge in [0.25, 0.3) is 0 Å². The molecular formula is C12H22N2O2. The van der Waals surface area contributed by atoms with Gasteiger partial charge in [-0.15, -0.1) is 0 Å². The number of hydrogen-bond acceptors (Lipinski definition) is 3. The first-order valence-corrected chi connectivity index (χ1v) is 6.18. The Hall–Kier alpha value is -0.770. The lowest BCUT2D eigenvalue weighted by atomic mass is 10.1. The van der Waals surface area contributed by atoms with Crippen molar-refractivity contribution in [2.75, 3.05) is 6.54 Å². The van der Waals surface area contributed by atoms with Crippen LogP contribution in [0.2, 0.25) is 0 Å². The van der Waals surface area contributed by atoms with E-state index >= 15 is 0 Å². The van der Waals surface area contributed by atoms with Crippen LogP contribution in [0.3, 0.4) is 0 Å². The molecule has 0 aromatic carbocycles. The molecule has 2 aliphatic rings. The molecule has 1 saturated carbocycles. The maximum Gasteiger partial charge on any atom is 0.407 e. The first-order chi connectivity index (χ1) is 7.46. The van der Waals surface area contributed by atoms with Crippen LogP contribution >= 0.6 is 0 Å². The Morgan fingerprint density at radius 1 is 1.31 bits per heavy atom. The van der Waals surface area contributed by atoms with Gasteiger partial charge >= 0.3 is 6.09 Å². The number of alkyl carbamates (subject to hydrolysis) is 1. The lowest BCUT2D eigenvalue weighted by molar-refractivity contribution is 0.0498. The van der Waals surface area contributed by atoms with Gasteiger partial charge in [0.05, 0.1) is 0 Å². The molecule has 16 heavy (non-hydrogen) atoms. The van der Waals surface area contributed by atoms with Gasteiger partial charge in [-0.05, 0) is 52.5 Å². The van der Waals surface area contributed by atoms with Gasteiger partial charge in [0.15, 0.2) is 0 Å². The van der Waals surface area contributed by atoms with Crippen molar-refractivity contribution in [1.29, 1.82) is 0 Å². The highest BCUT2D eigenvalue weighted by Gasteiger charge is 2.40. The summed E-state index contributed by atoms with van der Waals surface area (Å²) < 4.78 is 5.27. The summed E-state index contributed by atoms with van der Waals surface area (Å²) in [4.78, 5) is 11.6. The second kappa shape index (κ2) is 4.24. The average Bonchev–Trinajstić information content (AvgIpc) is 2.85. The molecule has 0 aromatic heterocycles. The number of ether oxygens (including phenoxy) is 1.